The van der Waals surface area contributed by atoms with Crippen LogP contribution in [-0.4, -0.2) is 21.4 Å². The van der Waals surface area contributed by atoms with E-state index in [1.165, 1.54) is 11.8 Å². The van der Waals surface area contributed by atoms with Crippen molar-refractivity contribution in [3.8, 4) is 11.5 Å². The van der Waals surface area contributed by atoms with Gasteiger partial charge in [-0.2, -0.15) is 0 Å². The molecule has 23 heavy (non-hydrogen) atoms. The van der Waals surface area contributed by atoms with Gasteiger partial charge in [0.05, 0.1) is 11.8 Å². The van der Waals surface area contributed by atoms with Crippen LogP contribution in [-0.2, 0) is 11.3 Å². The maximum Gasteiger partial charge on any atom is 0.277 e. The minimum absolute atomic E-state index is 0.0529. The molecule has 1 amide bonds. The van der Waals surface area contributed by atoms with Crippen LogP contribution in [0, 0.1) is 0 Å². The van der Waals surface area contributed by atoms with E-state index in [-0.39, 0.29) is 11.2 Å². The van der Waals surface area contributed by atoms with Crippen molar-refractivity contribution in [3.05, 3.63) is 52.7 Å². The average molecular weight is 345 g/mol. The normalized spacial score (nSPS) is 12.0. The summed E-state index contributed by atoms with van der Waals surface area (Å²) in [5.41, 5.74) is 0.863. The molecule has 0 bridgehead atoms. The smallest absolute Gasteiger partial charge is 0.277 e. The number of hydrogen-bond donors (Lipinski definition) is 1. The summed E-state index contributed by atoms with van der Waals surface area (Å²) in [6, 6.07) is 13.5. The van der Waals surface area contributed by atoms with Crippen molar-refractivity contribution in [3.63, 3.8) is 0 Å². The Hall–Kier alpha value is -2.12. The van der Waals surface area contributed by atoms with Gasteiger partial charge in [-0.15, -0.1) is 21.5 Å². The first-order valence-corrected chi connectivity index (χ1v) is 8.84. The first kappa shape index (κ1) is 15.8. The van der Waals surface area contributed by atoms with Crippen LogP contribution in [0.25, 0.3) is 11.5 Å². The molecule has 2 heterocycles. The van der Waals surface area contributed by atoms with Gasteiger partial charge in [0, 0.05) is 10.4 Å². The third kappa shape index (κ3) is 4.20. The van der Waals surface area contributed by atoms with Gasteiger partial charge in [0.1, 0.15) is 0 Å². The van der Waals surface area contributed by atoms with Crippen molar-refractivity contribution in [1.29, 1.82) is 0 Å². The topological polar surface area (TPSA) is 68.0 Å². The highest BCUT2D eigenvalue weighted by Gasteiger charge is 2.18. The quantitative estimate of drug-likeness (QED) is 0.692. The summed E-state index contributed by atoms with van der Waals surface area (Å²) in [5.74, 6) is 0.405. The first-order valence-electron chi connectivity index (χ1n) is 7.08. The number of aromatic nitrogens is 2. The number of hydrogen-bond acceptors (Lipinski definition) is 6. The molecule has 1 atom stereocenters. The highest BCUT2D eigenvalue weighted by atomic mass is 32.2. The lowest BCUT2D eigenvalue weighted by Gasteiger charge is -2.08. The molecule has 0 aliphatic rings. The molecular formula is C16H15N3O2S2. The highest BCUT2D eigenvalue weighted by Crippen LogP contribution is 2.26. The van der Waals surface area contributed by atoms with Crippen molar-refractivity contribution in [2.24, 2.45) is 0 Å². The molecule has 0 radical (unpaired) electrons. The molecule has 0 aliphatic heterocycles. The van der Waals surface area contributed by atoms with E-state index in [1.807, 2.05) is 54.8 Å². The second kappa shape index (κ2) is 7.43. The van der Waals surface area contributed by atoms with E-state index in [9.17, 15) is 4.79 Å². The molecular weight excluding hydrogens is 330 g/mol. The Morgan fingerprint density at radius 1 is 1.26 bits per heavy atom. The summed E-state index contributed by atoms with van der Waals surface area (Å²) in [7, 11) is 0. The number of nitrogens with zero attached hydrogens (tertiary/aromatic N) is 2. The van der Waals surface area contributed by atoms with Crippen molar-refractivity contribution >= 4 is 29.0 Å². The summed E-state index contributed by atoms with van der Waals surface area (Å²) in [6.45, 7) is 2.36. The predicted octanol–water partition coefficient (Wildman–Crippen LogP) is 3.60. The Labute approximate surface area is 142 Å². The molecule has 5 nitrogen and oxygen atoms in total. The zero-order valence-electron chi connectivity index (χ0n) is 12.4. The maximum absolute atomic E-state index is 12.1. The number of benzene rings is 1. The summed E-state index contributed by atoms with van der Waals surface area (Å²) < 4.78 is 5.60. The van der Waals surface area contributed by atoms with Crippen LogP contribution in [0.3, 0.4) is 0 Å². The summed E-state index contributed by atoms with van der Waals surface area (Å²) >= 11 is 2.87. The molecule has 2 aromatic heterocycles. The minimum atomic E-state index is -0.306. The van der Waals surface area contributed by atoms with Gasteiger partial charge < -0.3 is 9.73 Å². The third-order valence-electron chi connectivity index (χ3n) is 3.09. The average Bonchev–Trinajstić information content (AvgIpc) is 3.25. The zero-order chi connectivity index (χ0) is 16.1. The fourth-order valence-corrected chi connectivity index (χ4v) is 3.24. The van der Waals surface area contributed by atoms with Crippen molar-refractivity contribution in [2.75, 3.05) is 0 Å². The first-order chi connectivity index (χ1) is 11.2. The number of thioether (sulfide) groups is 1. The van der Waals surface area contributed by atoms with Crippen molar-refractivity contribution in [1.82, 2.24) is 15.5 Å². The number of amides is 1. The molecule has 0 fully saturated rings. The van der Waals surface area contributed by atoms with E-state index in [0.717, 1.165) is 10.4 Å². The monoisotopic (exact) mass is 345 g/mol. The molecule has 1 aromatic carbocycles. The van der Waals surface area contributed by atoms with E-state index < -0.39 is 0 Å². The largest absolute Gasteiger partial charge is 0.411 e. The third-order valence-corrected chi connectivity index (χ3v) is 4.90. The maximum atomic E-state index is 12.1. The second-order valence-corrected chi connectivity index (χ2v) is 7.12. The molecule has 0 saturated carbocycles. The number of carbonyl (C=O) groups excluding carboxylic acids is 1. The van der Waals surface area contributed by atoms with Gasteiger partial charge in [-0.1, -0.05) is 36.0 Å². The SMILES string of the molecule is CC(Sc1nnc(-c2ccccc2)o1)C(=O)NCc1cccs1. The van der Waals surface area contributed by atoms with Crippen molar-refractivity contribution < 1.29 is 9.21 Å². The van der Waals surface area contributed by atoms with Crippen LogP contribution < -0.4 is 5.32 Å². The fourth-order valence-electron chi connectivity index (χ4n) is 1.89. The Kier molecular flexibility index (Phi) is 5.09. The zero-order valence-corrected chi connectivity index (χ0v) is 14.1. The van der Waals surface area contributed by atoms with E-state index in [1.54, 1.807) is 11.3 Å². The molecule has 7 heteroatoms. The Morgan fingerprint density at radius 3 is 2.83 bits per heavy atom. The van der Waals surface area contributed by atoms with E-state index in [2.05, 4.69) is 15.5 Å². The molecule has 1 unspecified atom stereocenters. The standard InChI is InChI=1S/C16H15N3O2S2/c1-11(14(20)17-10-13-8-5-9-22-13)23-16-19-18-15(21-16)12-6-3-2-4-7-12/h2-9,11H,10H2,1H3,(H,17,20). The molecule has 118 valence electrons. The Bertz CT molecular complexity index is 757. The summed E-state index contributed by atoms with van der Waals surface area (Å²) in [6.07, 6.45) is 0. The molecule has 0 spiro atoms. The lowest BCUT2D eigenvalue weighted by Crippen LogP contribution is -2.30. The van der Waals surface area contributed by atoms with Crippen LogP contribution >= 0.6 is 23.1 Å². The van der Waals surface area contributed by atoms with Crippen LogP contribution in [0.5, 0.6) is 0 Å². The van der Waals surface area contributed by atoms with Crippen LogP contribution in [0.15, 0.2) is 57.5 Å². The highest BCUT2D eigenvalue weighted by molar-refractivity contribution is 8.00. The van der Waals surface area contributed by atoms with Gasteiger partial charge in [-0.3, -0.25) is 4.79 Å². The van der Waals surface area contributed by atoms with Crippen LogP contribution in [0.4, 0.5) is 0 Å². The van der Waals surface area contributed by atoms with Crippen LogP contribution in [0.2, 0.25) is 0 Å². The number of nitrogens with one attached hydrogen (secondary N) is 1. The van der Waals surface area contributed by atoms with Gasteiger partial charge in [-0.25, -0.2) is 0 Å². The minimum Gasteiger partial charge on any atom is -0.411 e. The molecule has 3 aromatic rings. The van der Waals surface area contributed by atoms with Gasteiger partial charge in [0.25, 0.3) is 5.22 Å². The van der Waals surface area contributed by atoms with E-state index in [0.29, 0.717) is 17.7 Å². The molecule has 1 N–H and O–H groups in total. The van der Waals surface area contributed by atoms with E-state index >= 15 is 0 Å². The summed E-state index contributed by atoms with van der Waals surface area (Å²) in [4.78, 5) is 13.2. The van der Waals surface area contributed by atoms with E-state index in [4.69, 9.17) is 4.42 Å². The molecule has 0 aliphatic carbocycles. The Balaban J connectivity index is 1.56. The molecule has 0 saturated heterocycles. The lowest BCUT2D eigenvalue weighted by atomic mass is 10.2. The predicted molar refractivity (Wildman–Crippen MR) is 91.2 cm³/mol. The summed E-state index contributed by atoms with van der Waals surface area (Å²) in [5, 5.41) is 13.0. The Morgan fingerprint density at radius 2 is 2.09 bits per heavy atom. The lowest BCUT2D eigenvalue weighted by molar-refractivity contribution is -0.120. The fraction of sp³-hybridized carbons (Fsp3) is 0.188. The van der Waals surface area contributed by atoms with Gasteiger partial charge in [0.2, 0.25) is 11.8 Å². The van der Waals surface area contributed by atoms with Crippen molar-refractivity contribution in [2.45, 2.75) is 23.9 Å². The van der Waals surface area contributed by atoms with Gasteiger partial charge in [-0.05, 0) is 30.5 Å². The number of thiophene rings is 1. The molecule has 3 rings (SSSR count). The van der Waals surface area contributed by atoms with Gasteiger partial charge >= 0.3 is 0 Å². The number of carbonyl (C=O) groups is 1. The second-order valence-electron chi connectivity index (χ2n) is 4.80. The van der Waals surface area contributed by atoms with Gasteiger partial charge in [0.15, 0.2) is 0 Å². The van der Waals surface area contributed by atoms with Crippen LogP contribution in [0.1, 0.15) is 11.8 Å². The number of rotatable bonds is 6.